The first-order valence-electron chi connectivity index (χ1n) is 7.77. The number of alkyl halides is 2. The normalized spacial score (nSPS) is 11.2. The van der Waals surface area contributed by atoms with Gasteiger partial charge in [0.2, 0.25) is 11.9 Å². The molecule has 2 aromatic heterocycles. The van der Waals surface area contributed by atoms with Crippen molar-refractivity contribution in [1.82, 2.24) is 24.5 Å². The minimum absolute atomic E-state index is 0.0963. The molecule has 3 rings (SSSR count). The third kappa shape index (κ3) is 4.81. The van der Waals surface area contributed by atoms with Crippen molar-refractivity contribution in [3.8, 4) is 0 Å². The number of rotatable bonds is 6. The van der Waals surface area contributed by atoms with Crippen molar-refractivity contribution in [2.75, 3.05) is 5.32 Å². The molecule has 0 unspecified atom stereocenters. The first kappa shape index (κ1) is 19.2. The van der Waals surface area contributed by atoms with Crippen molar-refractivity contribution < 1.29 is 13.6 Å². The molecule has 1 N–H and O–H groups in total. The zero-order valence-electron chi connectivity index (χ0n) is 14.0. The second kappa shape index (κ2) is 8.01. The SMILES string of the molecule is Cc1cc(C(F)F)nn1CC(=O)Nc1ncn(Cc2ccc(Cl)c(Cl)c2)n1. The lowest BCUT2D eigenvalue weighted by Crippen LogP contribution is -2.21. The Morgan fingerprint density at radius 2 is 2.00 bits per heavy atom. The summed E-state index contributed by atoms with van der Waals surface area (Å²) >= 11 is 11.9. The maximum absolute atomic E-state index is 12.7. The number of halogens is 4. The molecule has 0 radical (unpaired) electrons. The van der Waals surface area contributed by atoms with Gasteiger partial charge in [0.1, 0.15) is 18.6 Å². The minimum atomic E-state index is -2.69. The number of carbonyl (C=O) groups excluding carboxylic acids is 1. The lowest BCUT2D eigenvalue weighted by atomic mass is 10.2. The number of anilines is 1. The summed E-state index contributed by atoms with van der Waals surface area (Å²) in [5.74, 6) is -0.381. The number of benzene rings is 1. The van der Waals surface area contributed by atoms with Gasteiger partial charge in [-0.1, -0.05) is 29.3 Å². The Labute approximate surface area is 162 Å². The van der Waals surface area contributed by atoms with E-state index in [1.807, 2.05) is 0 Å². The Balaban J connectivity index is 1.61. The van der Waals surface area contributed by atoms with Crippen molar-refractivity contribution >= 4 is 35.1 Å². The molecule has 142 valence electrons. The average Bonchev–Trinajstić information content (AvgIpc) is 3.18. The maximum atomic E-state index is 12.7. The van der Waals surface area contributed by atoms with Crippen molar-refractivity contribution in [3.63, 3.8) is 0 Å². The molecule has 1 aromatic carbocycles. The van der Waals surface area contributed by atoms with Gasteiger partial charge < -0.3 is 0 Å². The third-order valence-electron chi connectivity index (χ3n) is 3.63. The molecule has 0 atom stereocenters. The van der Waals surface area contributed by atoms with Gasteiger partial charge in [-0.3, -0.25) is 14.8 Å². The standard InChI is InChI=1S/C16H14Cl2F2N6O/c1-9-4-13(15(19)20)23-26(9)7-14(27)22-16-21-8-25(24-16)6-10-2-3-11(17)12(18)5-10/h2-5,8,15H,6-7H2,1H3,(H,22,24,27). The largest absolute Gasteiger partial charge is 0.292 e. The van der Waals surface area contributed by atoms with E-state index in [1.54, 1.807) is 25.1 Å². The fourth-order valence-corrected chi connectivity index (χ4v) is 2.68. The zero-order valence-corrected chi connectivity index (χ0v) is 15.5. The van der Waals surface area contributed by atoms with Crippen LogP contribution in [0.3, 0.4) is 0 Å². The molecule has 0 bridgehead atoms. The van der Waals surface area contributed by atoms with Gasteiger partial charge in [-0.05, 0) is 30.7 Å². The number of aromatic nitrogens is 5. The Morgan fingerprint density at radius 3 is 2.67 bits per heavy atom. The number of aryl methyl sites for hydroxylation is 1. The number of amides is 1. The minimum Gasteiger partial charge on any atom is -0.292 e. The van der Waals surface area contributed by atoms with E-state index in [0.717, 1.165) is 5.56 Å². The molecule has 3 aromatic rings. The van der Waals surface area contributed by atoms with Crippen LogP contribution in [-0.4, -0.2) is 30.5 Å². The van der Waals surface area contributed by atoms with Crippen molar-refractivity contribution in [3.05, 3.63) is 57.6 Å². The van der Waals surface area contributed by atoms with Crippen molar-refractivity contribution in [1.29, 1.82) is 0 Å². The molecule has 0 saturated heterocycles. The smallest absolute Gasteiger partial charge is 0.282 e. The van der Waals surface area contributed by atoms with Gasteiger partial charge in [-0.25, -0.2) is 18.4 Å². The van der Waals surface area contributed by atoms with Crippen LogP contribution in [0.15, 0.2) is 30.6 Å². The van der Waals surface area contributed by atoms with Crippen LogP contribution in [0.25, 0.3) is 0 Å². The van der Waals surface area contributed by atoms with Gasteiger partial charge in [0, 0.05) is 5.69 Å². The number of hydrogen-bond acceptors (Lipinski definition) is 4. The van der Waals surface area contributed by atoms with E-state index in [9.17, 15) is 13.6 Å². The van der Waals surface area contributed by atoms with E-state index >= 15 is 0 Å². The molecular formula is C16H14Cl2F2N6O. The van der Waals surface area contributed by atoms with Crippen LogP contribution in [0.4, 0.5) is 14.7 Å². The topological polar surface area (TPSA) is 77.6 Å². The van der Waals surface area contributed by atoms with Crippen LogP contribution in [-0.2, 0) is 17.9 Å². The summed E-state index contributed by atoms with van der Waals surface area (Å²) in [5.41, 5.74) is 0.946. The Morgan fingerprint density at radius 1 is 1.22 bits per heavy atom. The fraction of sp³-hybridized carbons (Fsp3) is 0.250. The highest BCUT2D eigenvalue weighted by molar-refractivity contribution is 6.42. The molecule has 0 saturated carbocycles. The molecule has 7 nitrogen and oxygen atoms in total. The van der Waals surface area contributed by atoms with Gasteiger partial charge in [-0.2, -0.15) is 5.10 Å². The molecule has 0 spiro atoms. The summed E-state index contributed by atoms with van der Waals surface area (Å²) < 4.78 is 28.0. The highest BCUT2D eigenvalue weighted by Crippen LogP contribution is 2.23. The zero-order chi connectivity index (χ0) is 19.6. The van der Waals surface area contributed by atoms with Gasteiger partial charge >= 0.3 is 0 Å². The fourth-order valence-electron chi connectivity index (χ4n) is 2.36. The van der Waals surface area contributed by atoms with E-state index in [4.69, 9.17) is 23.2 Å². The molecule has 27 heavy (non-hydrogen) atoms. The highest BCUT2D eigenvalue weighted by atomic mass is 35.5. The Bertz CT molecular complexity index is 972. The number of nitrogens with one attached hydrogen (secondary N) is 1. The van der Waals surface area contributed by atoms with Crippen LogP contribution in [0.2, 0.25) is 10.0 Å². The van der Waals surface area contributed by atoms with Crippen LogP contribution in [0.1, 0.15) is 23.4 Å². The molecule has 0 aliphatic heterocycles. The van der Waals surface area contributed by atoms with E-state index < -0.39 is 12.3 Å². The van der Waals surface area contributed by atoms with Gasteiger partial charge in [0.15, 0.2) is 0 Å². The van der Waals surface area contributed by atoms with Crippen LogP contribution >= 0.6 is 23.2 Å². The number of carbonyl (C=O) groups is 1. The van der Waals surface area contributed by atoms with Crippen LogP contribution in [0, 0.1) is 6.92 Å². The van der Waals surface area contributed by atoms with Gasteiger partial charge in [0.25, 0.3) is 6.43 Å². The number of hydrogen-bond donors (Lipinski definition) is 1. The molecule has 0 aliphatic carbocycles. The summed E-state index contributed by atoms with van der Waals surface area (Å²) in [4.78, 5) is 16.1. The van der Waals surface area contributed by atoms with E-state index in [2.05, 4.69) is 20.5 Å². The van der Waals surface area contributed by atoms with E-state index in [0.29, 0.717) is 22.3 Å². The van der Waals surface area contributed by atoms with Crippen LogP contribution in [0.5, 0.6) is 0 Å². The van der Waals surface area contributed by atoms with Gasteiger partial charge in [0.05, 0.1) is 16.6 Å². The van der Waals surface area contributed by atoms with E-state index in [-0.39, 0.29) is 18.2 Å². The van der Waals surface area contributed by atoms with Crippen molar-refractivity contribution in [2.45, 2.75) is 26.4 Å². The van der Waals surface area contributed by atoms with Crippen molar-refractivity contribution in [2.24, 2.45) is 0 Å². The highest BCUT2D eigenvalue weighted by Gasteiger charge is 2.16. The Hall–Kier alpha value is -2.52. The summed E-state index contributed by atoms with van der Waals surface area (Å²) in [7, 11) is 0. The molecular weight excluding hydrogens is 401 g/mol. The summed E-state index contributed by atoms with van der Waals surface area (Å²) in [5, 5.41) is 11.2. The maximum Gasteiger partial charge on any atom is 0.282 e. The molecule has 2 heterocycles. The molecule has 11 heteroatoms. The molecule has 0 aliphatic rings. The number of nitrogens with zero attached hydrogens (tertiary/aromatic N) is 5. The quantitative estimate of drug-likeness (QED) is 0.666. The summed E-state index contributed by atoms with van der Waals surface area (Å²) in [6.07, 6.45) is -1.24. The van der Waals surface area contributed by atoms with E-state index in [1.165, 1.54) is 21.8 Å². The third-order valence-corrected chi connectivity index (χ3v) is 4.37. The first-order valence-corrected chi connectivity index (χ1v) is 8.53. The summed E-state index contributed by atoms with van der Waals surface area (Å²) in [6.45, 7) is 1.76. The average molecular weight is 415 g/mol. The Kier molecular flexibility index (Phi) is 5.71. The second-order valence-corrected chi connectivity index (χ2v) is 6.55. The van der Waals surface area contributed by atoms with Crippen LogP contribution < -0.4 is 5.32 Å². The summed E-state index contributed by atoms with van der Waals surface area (Å²) in [6, 6.07) is 6.43. The van der Waals surface area contributed by atoms with Gasteiger partial charge in [-0.15, -0.1) is 5.10 Å². The monoisotopic (exact) mass is 414 g/mol. The molecule has 0 fully saturated rings. The lowest BCUT2D eigenvalue weighted by molar-refractivity contribution is -0.117. The first-order chi connectivity index (χ1) is 12.8. The lowest BCUT2D eigenvalue weighted by Gasteiger charge is -2.04. The molecule has 1 amide bonds. The predicted octanol–water partition coefficient (Wildman–Crippen LogP) is 3.71. The second-order valence-electron chi connectivity index (χ2n) is 5.73. The predicted molar refractivity (Wildman–Crippen MR) is 96.1 cm³/mol.